The van der Waals surface area contributed by atoms with E-state index in [0.717, 1.165) is 37.7 Å². The Morgan fingerprint density at radius 3 is 2.29 bits per heavy atom. The zero-order chi connectivity index (χ0) is 29.0. The van der Waals surface area contributed by atoms with Gasteiger partial charge in [0.25, 0.3) is 15.9 Å². The lowest BCUT2D eigenvalue weighted by atomic mass is 9.94. The number of carbonyl (C=O) groups is 3. The first-order chi connectivity index (χ1) is 19.8. The highest BCUT2D eigenvalue weighted by atomic mass is 32.2. The molecule has 1 fully saturated rings. The van der Waals surface area contributed by atoms with Gasteiger partial charge in [-0.3, -0.25) is 14.4 Å². The molecule has 214 valence electrons. The molecule has 3 aromatic carbocycles. The summed E-state index contributed by atoms with van der Waals surface area (Å²) in [5.41, 5.74) is 0.931. The van der Waals surface area contributed by atoms with Crippen LogP contribution in [-0.4, -0.2) is 54.0 Å². The molecule has 1 saturated carbocycles. The molecule has 5 rings (SSSR count). The quantitative estimate of drug-likeness (QED) is 0.413. The number of carbonyl (C=O) groups excluding carboxylic acids is 3. The summed E-state index contributed by atoms with van der Waals surface area (Å²) in [6, 6.07) is 19.7. The van der Waals surface area contributed by atoms with Crippen LogP contribution in [0.4, 0.5) is 4.39 Å². The smallest absolute Gasteiger partial charge is 0.269 e. The van der Waals surface area contributed by atoms with E-state index in [1.54, 1.807) is 12.1 Å². The third kappa shape index (κ3) is 6.17. The summed E-state index contributed by atoms with van der Waals surface area (Å²) in [5, 5.41) is 3.08. The van der Waals surface area contributed by atoms with Crippen LogP contribution in [0.3, 0.4) is 0 Å². The minimum Gasteiger partial charge on any atom is -0.352 e. The summed E-state index contributed by atoms with van der Waals surface area (Å²) >= 11 is 0. The second kappa shape index (κ2) is 12.2. The van der Waals surface area contributed by atoms with E-state index in [2.05, 4.69) is 5.32 Å². The highest BCUT2D eigenvalue weighted by Crippen LogP contribution is 2.30. The zero-order valence-corrected chi connectivity index (χ0v) is 23.4. The molecule has 1 aliphatic carbocycles. The van der Waals surface area contributed by atoms with Crippen LogP contribution in [0.25, 0.3) is 0 Å². The van der Waals surface area contributed by atoms with Crippen molar-refractivity contribution in [1.29, 1.82) is 0 Å². The van der Waals surface area contributed by atoms with Gasteiger partial charge in [0.15, 0.2) is 0 Å². The van der Waals surface area contributed by atoms with Gasteiger partial charge >= 0.3 is 0 Å². The number of amides is 3. The number of benzene rings is 3. The van der Waals surface area contributed by atoms with Crippen molar-refractivity contribution in [3.8, 4) is 0 Å². The minimum atomic E-state index is -4.27. The Morgan fingerprint density at radius 1 is 0.927 bits per heavy atom. The first kappa shape index (κ1) is 28.5. The summed E-state index contributed by atoms with van der Waals surface area (Å²) in [6.07, 6.45) is 4.84. The van der Waals surface area contributed by atoms with Crippen molar-refractivity contribution in [3.63, 3.8) is 0 Å². The maximum atomic E-state index is 14.8. The van der Waals surface area contributed by atoms with Gasteiger partial charge in [-0.05, 0) is 36.6 Å². The summed E-state index contributed by atoms with van der Waals surface area (Å²) in [7, 11) is -4.27. The Balaban J connectivity index is 1.50. The van der Waals surface area contributed by atoms with Crippen LogP contribution in [0.5, 0.6) is 0 Å². The van der Waals surface area contributed by atoms with E-state index in [4.69, 9.17) is 0 Å². The Labute approximate surface area is 239 Å². The molecule has 1 atom stereocenters. The van der Waals surface area contributed by atoms with E-state index in [9.17, 15) is 27.2 Å². The molecule has 0 saturated heterocycles. The monoisotopic (exact) mass is 577 g/mol. The van der Waals surface area contributed by atoms with E-state index in [1.165, 1.54) is 41.3 Å². The van der Waals surface area contributed by atoms with Crippen LogP contribution >= 0.6 is 0 Å². The summed E-state index contributed by atoms with van der Waals surface area (Å²) < 4.78 is 41.8. The summed E-state index contributed by atoms with van der Waals surface area (Å²) in [4.78, 5) is 41.9. The Kier molecular flexibility index (Phi) is 8.49. The zero-order valence-electron chi connectivity index (χ0n) is 22.5. The number of fused-ring (bicyclic) bond motifs is 1. The Morgan fingerprint density at radius 2 is 1.59 bits per heavy atom. The van der Waals surface area contributed by atoms with Crippen molar-refractivity contribution in [1.82, 2.24) is 14.5 Å². The average molecular weight is 578 g/mol. The van der Waals surface area contributed by atoms with Crippen LogP contribution in [0.2, 0.25) is 0 Å². The minimum absolute atomic E-state index is 0.0168. The Hall–Kier alpha value is -4.05. The SMILES string of the molecule is O=C(NC1CCCCC1)[C@@H](Cc1ccccc1)N(Cc1ccccc1F)C(=O)CN1C(=O)c2ccccc2S1(=O)=O. The van der Waals surface area contributed by atoms with Gasteiger partial charge in [-0.1, -0.05) is 79.9 Å². The van der Waals surface area contributed by atoms with Gasteiger partial charge in [0, 0.05) is 24.6 Å². The Bertz CT molecular complexity index is 1540. The number of sulfonamides is 1. The molecular weight excluding hydrogens is 545 g/mol. The molecule has 0 spiro atoms. The van der Waals surface area contributed by atoms with Gasteiger partial charge < -0.3 is 10.2 Å². The molecule has 0 aromatic heterocycles. The molecule has 0 radical (unpaired) electrons. The fourth-order valence-electron chi connectivity index (χ4n) is 5.51. The number of hydrogen-bond donors (Lipinski definition) is 1. The molecule has 41 heavy (non-hydrogen) atoms. The fourth-order valence-corrected chi connectivity index (χ4v) is 7.03. The normalized spacial score (nSPS) is 17.1. The number of rotatable bonds is 9. The van der Waals surface area contributed by atoms with Crippen molar-refractivity contribution < 1.29 is 27.2 Å². The van der Waals surface area contributed by atoms with Crippen LogP contribution in [0, 0.1) is 5.82 Å². The van der Waals surface area contributed by atoms with Crippen LogP contribution in [0.15, 0.2) is 83.8 Å². The second-order valence-electron chi connectivity index (χ2n) is 10.5. The van der Waals surface area contributed by atoms with E-state index < -0.39 is 46.1 Å². The summed E-state index contributed by atoms with van der Waals surface area (Å²) in [6.45, 7) is -1.09. The number of nitrogens with zero attached hydrogens (tertiary/aromatic N) is 2. The van der Waals surface area contributed by atoms with E-state index >= 15 is 0 Å². The van der Waals surface area contributed by atoms with Crippen molar-refractivity contribution in [2.75, 3.05) is 6.54 Å². The van der Waals surface area contributed by atoms with Gasteiger partial charge in [0.05, 0.1) is 5.56 Å². The first-order valence-corrected chi connectivity index (χ1v) is 15.2. The van der Waals surface area contributed by atoms with Crippen LogP contribution in [0.1, 0.15) is 53.6 Å². The topological polar surface area (TPSA) is 104 Å². The molecule has 1 heterocycles. The number of hydrogen-bond acceptors (Lipinski definition) is 5. The first-order valence-electron chi connectivity index (χ1n) is 13.8. The van der Waals surface area contributed by atoms with E-state index in [0.29, 0.717) is 4.31 Å². The lowest BCUT2D eigenvalue weighted by molar-refractivity contribution is -0.141. The maximum Gasteiger partial charge on any atom is 0.269 e. The molecule has 10 heteroatoms. The standard InChI is InChI=1S/C31H32FN3O5S/c32-26-17-9-7-13-23(26)20-34(29(36)21-35-31(38)25-16-8-10-18-28(25)41(35,39)40)27(19-22-11-3-1-4-12-22)30(37)33-24-14-5-2-6-15-24/h1,3-4,7-13,16-18,24,27H,2,5-6,14-15,19-21H2,(H,33,37)/t27-/m1/s1. The average Bonchev–Trinajstić information content (AvgIpc) is 3.17. The number of nitrogens with one attached hydrogen (secondary N) is 1. The van der Waals surface area contributed by atoms with Gasteiger partial charge in [-0.15, -0.1) is 0 Å². The third-order valence-corrected chi connectivity index (χ3v) is 9.50. The molecule has 3 amide bonds. The molecule has 8 nitrogen and oxygen atoms in total. The molecule has 1 N–H and O–H groups in total. The molecular formula is C31H32FN3O5S. The maximum absolute atomic E-state index is 14.8. The highest BCUT2D eigenvalue weighted by Gasteiger charge is 2.43. The molecule has 0 unspecified atom stereocenters. The van der Waals surface area contributed by atoms with Gasteiger partial charge in [0.1, 0.15) is 23.3 Å². The molecule has 2 aliphatic rings. The van der Waals surface area contributed by atoms with Crippen molar-refractivity contribution in [2.45, 2.75) is 62.0 Å². The summed E-state index contributed by atoms with van der Waals surface area (Å²) in [5.74, 6) is -2.55. The fraction of sp³-hybridized carbons (Fsp3) is 0.323. The van der Waals surface area contributed by atoms with E-state index in [1.807, 2.05) is 30.3 Å². The largest absolute Gasteiger partial charge is 0.352 e. The molecule has 0 bridgehead atoms. The van der Waals surface area contributed by atoms with Crippen molar-refractivity contribution >= 4 is 27.7 Å². The molecule has 1 aliphatic heterocycles. The predicted octanol–water partition coefficient (Wildman–Crippen LogP) is 4.06. The lowest BCUT2D eigenvalue weighted by Gasteiger charge is -2.34. The van der Waals surface area contributed by atoms with Crippen LogP contribution < -0.4 is 5.32 Å². The van der Waals surface area contributed by atoms with Crippen molar-refractivity contribution in [2.24, 2.45) is 0 Å². The molecule has 3 aromatic rings. The van der Waals surface area contributed by atoms with Crippen molar-refractivity contribution in [3.05, 3.63) is 101 Å². The predicted molar refractivity (Wildman–Crippen MR) is 151 cm³/mol. The van der Waals surface area contributed by atoms with E-state index in [-0.39, 0.29) is 35.0 Å². The van der Waals surface area contributed by atoms with Gasteiger partial charge in [-0.25, -0.2) is 17.1 Å². The highest BCUT2D eigenvalue weighted by molar-refractivity contribution is 7.90. The van der Waals surface area contributed by atoms with Gasteiger partial charge in [0.2, 0.25) is 11.8 Å². The van der Waals surface area contributed by atoms with Crippen LogP contribution in [-0.2, 0) is 32.6 Å². The second-order valence-corrected chi connectivity index (χ2v) is 12.3. The number of halogens is 1. The van der Waals surface area contributed by atoms with Gasteiger partial charge in [-0.2, -0.15) is 0 Å². The third-order valence-electron chi connectivity index (χ3n) is 7.71. The lowest BCUT2D eigenvalue weighted by Crippen LogP contribution is -2.55.